The van der Waals surface area contributed by atoms with Gasteiger partial charge >= 0.3 is 6.03 Å². The van der Waals surface area contributed by atoms with Gasteiger partial charge in [-0.1, -0.05) is 13.8 Å². The van der Waals surface area contributed by atoms with Crippen LogP contribution in [0.2, 0.25) is 0 Å². The van der Waals surface area contributed by atoms with Crippen LogP contribution in [0.3, 0.4) is 0 Å². The molecule has 6 nitrogen and oxygen atoms in total. The standard InChI is InChI=1S/C20H31FN4O2/c1-4-23(5-2)12-6-7-16(3)22-19(26)15-24-13-14-25(20(24)27)18-10-8-17(21)9-11-18/h8-11,16H,4-7,12-15H2,1-3H3,(H,22,26). The van der Waals surface area contributed by atoms with Crippen LogP contribution in [0.4, 0.5) is 14.9 Å². The van der Waals surface area contributed by atoms with E-state index < -0.39 is 0 Å². The molecule has 150 valence electrons. The molecule has 1 unspecified atom stereocenters. The Kier molecular flexibility index (Phi) is 8.03. The van der Waals surface area contributed by atoms with E-state index >= 15 is 0 Å². The minimum atomic E-state index is -0.336. The summed E-state index contributed by atoms with van der Waals surface area (Å²) in [5.74, 6) is -0.476. The molecular weight excluding hydrogens is 347 g/mol. The molecule has 1 fully saturated rings. The second kappa shape index (κ2) is 10.3. The number of hydrogen-bond donors (Lipinski definition) is 1. The molecule has 1 atom stereocenters. The largest absolute Gasteiger partial charge is 0.352 e. The van der Waals surface area contributed by atoms with Crippen molar-refractivity contribution >= 4 is 17.6 Å². The lowest BCUT2D eigenvalue weighted by molar-refractivity contribution is -0.122. The minimum absolute atomic E-state index is 0.0525. The fourth-order valence-corrected chi connectivity index (χ4v) is 3.32. The van der Waals surface area contributed by atoms with Gasteiger partial charge in [0, 0.05) is 24.8 Å². The number of rotatable bonds is 10. The zero-order valence-electron chi connectivity index (χ0n) is 16.6. The molecule has 1 saturated heterocycles. The number of anilines is 1. The molecule has 1 aliphatic rings. The van der Waals surface area contributed by atoms with Crippen molar-refractivity contribution in [2.24, 2.45) is 0 Å². The van der Waals surface area contributed by atoms with Gasteiger partial charge in [0.1, 0.15) is 12.4 Å². The lowest BCUT2D eigenvalue weighted by atomic mass is 10.1. The molecule has 3 amide bonds. The molecule has 0 radical (unpaired) electrons. The minimum Gasteiger partial charge on any atom is -0.352 e. The Labute approximate surface area is 161 Å². The van der Waals surface area contributed by atoms with Crippen molar-refractivity contribution in [2.45, 2.75) is 39.7 Å². The highest BCUT2D eigenvalue weighted by Gasteiger charge is 2.30. The average Bonchev–Trinajstić information content (AvgIpc) is 3.00. The van der Waals surface area contributed by atoms with E-state index in [-0.39, 0.29) is 30.3 Å². The van der Waals surface area contributed by atoms with E-state index in [9.17, 15) is 14.0 Å². The van der Waals surface area contributed by atoms with E-state index in [2.05, 4.69) is 24.1 Å². The maximum Gasteiger partial charge on any atom is 0.325 e. The monoisotopic (exact) mass is 378 g/mol. The number of nitrogens with one attached hydrogen (secondary N) is 1. The molecule has 0 aromatic heterocycles. The van der Waals surface area contributed by atoms with E-state index in [1.54, 1.807) is 17.0 Å². The summed E-state index contributed by atoms with van der Waals surface area (Å²) in [7, 11) is 0. The third-order valence-corrected chi connectivity index (χ3v) is 4.98. The molecule has 1 N–H and O–H groups in total. The number of hydrogen-bond acceptors (Lipinski definition) is 3. The molecule has 0 bridgehead atoms. The van der Waals surface area contributed by atoms with E-state index in [1.807, 2.05) is 6.92 Å². The van der Waals surface area contributed by atoms with Crippen molar-refractivity contribution in [1.82, 2.24) is 15.1 Å². The van der Waals surface area contributed by atoms with Gasteiger partial charge in [-0.25, -0.2) is 9.18 Å². The predicted molar refractivity (Wildman–Crippen MR) is 105 cm³/mol. The fourth-order valence-electron chi connectivity index (χ4n) is 3.32. The Bertz CT molecular complexity index is 619. The smallest absolute Gasteiger partial charge is 0.325 e. The summed E-state index contributed by atoms with van der Waals surface area (Å²) in [6, 6.07) is 5.68. The van der Waals surface area contributed by atoms with E-state index in [0.29, 0.717) is 18.8 Å². The first-order chi connectivity index (χ1) is 12.9. The maximum absolute atomic E-state index is 13.0. The van der Waals surface area contributed by atoms with E-state index in [4.69, 9.17) is 0 Å². The number of halogens is 1. The highest BCUT2D eigenvalue weighted by Crippen LogP contribution is 2.20. The van der Waals surface area contributed by atoms with Crippen LogP contribution in [0, 0.1) is 5.82 Å². The van der Waals surface area contributed by atoms with Gasteiger partial charge in [0.15, 0.2) is 0 Å². The molecule has 1 aromatic rings. The van der Waals surface area contributed by atoms with Crippen LogP contribution >= 0.6 is 0 Å². The number of urea groups is 1. The van der Waals surface area contributed by atoms with Gasteiger partial charge in [0.2, 0.25) is 5.91 Å². The average molecular weight is 378 g/mol. The third kappa shape index (κ3) is 6.20. The Morgan fingerprint density at radius 1 is 1.22 bits per heavy atom. The van der Waals surface area contributed by atoms with Crippen LogP contribution in [-0.4, -0.2) is 67.0 Å². The second-order valence-electron chi connectivity index (χ2n) is 6.97. The van der Waals surface area contributed by atoms with Gasteiger partial charge in [0.05, 0.1) is 0 Å². The Balaban J connectivity index is 1.75. The molecule has 7 heteroatoms. The fraction of sp³-hybridized carbons (Fsp3) is 0.600. The summed E-state index contributed by atoms with van der Waals surface area (Å²) in [6.07, 6.45) is 1.95. The molecule has 1 heterocycles. The third-order valence-electron chi connectivity index (χ3n) is 4.98. The second-order valence-corrected chi connectivity index (χ2v) is 6.97. The number of nitrogens with zero attached hydrogens (tertiary/aromatic N) is 3. The number of carbonyl (C=O) groups is 2. The molecule has 27 heavy (non-hydrogen) atoms. The molecular formula is C20H31FN4O2. The number of benzene rings is 1. The quantitative estimate of drug-likeness (QED) is 0.681. The molecule has 2 rings (SSSR count). The van der Waals surface area contributed by atoms with Crippen molar-refractivity contribution in [2.75, 3.05) is 44.2 Å². The summed E-state index contributed by atoms with van der Waals surface area (Å²) in [5.41, 5.74) is 0.647. The first kappa shape index (κ1) is 21.2. The van der Waals surface area contributed by atoms with E-state index in [1.165, 1.54) is 17.0 Å². The molecule has 1 aromatic carbocycles. The summed E-state index contributed by atoms with van der Waals surface area (Å²) >= 11 is 0. The SMILES string of the molecule is CCN(CC)CCCC(C)NC(=O)CN1CCN(c2ccc(F)cc2)C1=O. The van der Waals surface area contributed by atoms with Gasteiger partial charge in [-0.3, -0.25) is 9.69 Å². The van der Waals surface area contributed by atoms with Gasteiger partial charge in [-0.15, -0.1) is 0 Å². The summed E-state index contributed by atoms with van der Waals surface area (Å²) in [4.78, 5) is 30.2. The normalized spacial score (nSPS) is 15.5. The van der Waals surface area contributed by atoms with Crippen molar-refractivity contribution in [1.29, 1.82) is 0 Å². The highest BCUT2D eigenvalue weighted by molar-refractivity contribution is 5.96. The van der Waals surface area contributed by atoms with Crippen LogP contribution in [0.25, 0.3) is 0 Å². The Morgan fingerprint density at radius 3 is 2.52 bits per heavy atom. The van der Waals surface area contributed by atoms with Gasteiger partial charge in [0.25, 0.3) is 0 Å². The molecule has 0 aliphatic carbocycles. The van der Waals surface area contributed by atoms with Gasteiger partial charge in [-0.05, 0) is 63.7 Å². The molecule has 0 saturated carbocycles. The van der Waals surface area contributed by atoms with Crippen molar-refractivity contribution in [3.8, 4) is 0 Å². The first-order valence-corrected chi connectivity index (χ1v) is 9.78. The van der Waals surface area contributed by atoms with E-state index in [0.717, 1.165) is 32.5 Å². The Hall–Kier alpha value is -2.15. The lowest BCUT2D eigenvalue weighted by Gasteiger charge is -2.21. The van der Waals surface area contributed by atoms with Crippen molar-refractivity contribution in [3.05, 3.63) is 30.1 Å². The van der Waals surface area contributed by atoms with Crippen LogP contribution in [-0.2, 0) is 4.79 Å². The summed E-state index contributed by atoms with van der Waals surface area (Å²) in [6.45, 7) is 10.4. The summed E-state index contributed by atoms with van der Waals surface area (Å²) in [5, 5.41) is 2.98. The van der Waals surface area contributed by atoms with Gasteiger partial charge < -0.3 is 15.1 Å². The van der Waals surface area contributed by atoms with Crippen LogP contribution < -0.4 is 10.2 Å². The number of amides is 3. The number of carbonyl (C=O) groups excluding carboxylic acids is 2. The summed E-state index contributed by atoms with van der Waals surface area (Å²) < 4.78 is 13.0. The van der Waals surface area contributed by atoms with Crippen molar-refractivity contribution in [3.63, 3.8) is 0 Å². The van der Waals surface area contributed by atoms with Crippen molar-refractivity contribution < 1.29 is 14.0 Å². The zero-order chi connectivity index (χ0) is 19.8. The maximum atomic E-state index is 13.0. The molecule has 1 aliphatic heterocycles. The van der Waals surface area contributed by atoms with Crippen LogP contribution in [0.15, 0.2) is 24.3 Å². The molecule has 0 spiro atoms. The topological polar surface area (TPSA) is 55.9 Å². The van der Waals surface area contributed by atoms with Crippen LogP contribution in [0.5, 0.6) is 0 Å². The zero-order valence-corrected chi connectivity index (χ0v) is 16.6. The van der Waals surface area contributed by atoms with Crippen LogP contribution in [0.1, 0.15) is 33.6 Å². The lowest BCUT2D eigenvalue weighted by Crippen LogP contribution is -2.43. The first-order valence-electron chi connectivity index (χ1n) is 9.78. The Morgan fingerprint density at radius 2 is 1.89 bits per heavy atom. The predicted octanol–water partition coefficient (Wildman–Crippen LogP) is 2.69. The highest BCUT2D eigenvalue weighted by atomic mass is 19.1. The van der Waals surface area contributed by atoms with Gasteiger partial charge in [-0.2, -0.15) is 0 Å².